The molecule has 1 spiro atoms. The van der Waals surface area contributed by atoms with Gasteiger partial charge in [0.05, 0.1) is 20.3 Å². The molecule has 0 aromatic heterocycles. The molecule has 0 radical (unpaired) electrons. The first-order chi connectivity index (χ1) is 12.7. The Morgan fingerprint density at radius 2 is 1.73 bits per heavy atom. The van der Waals surface area contributed by atoms with E-state index in [0.717, 1.165) is 38.6 Å². The molecular weight excluding hydrogens is 328 g/mol. The lowest BCUT2D eigenvalue weighted by atomic mass is 9.71. The summed E-state index contributed by atoms with van der Waals surface area (Å²) in [6.07, 6.45) is 2.53. The van der Waals surface area contributed by atoms with Crippen LogP contribution in [0.1, 0.15) is 18.4 Å². The standard InChI is InChI=1S/C21H34N2O3/c1-24-13-12-23-15-19(16-25-2)21(17-23)8-10-22(11-9-21)14-18-4-6-20(26-3)7-5-18/h4-7,19H,8-17H2,1-3H3. The van der Waals surface area contributed by atoms with Crippen LogP contribution in [0.15, 0.2) is 24.3 Å². The van der Waals surface area contributed by atoms with Crippen LogP contribution in [0.3, 0.4) is 0 Å². The highest BCUT2D eigenvalue weighted by atomic mass is 16.5. The largest absolute Gasteiger partial charge is 0.497 e. The topological polar surface area (TPSA) is 34.2 Å². The van der Waals surface area contributed by atoms with Crippen LogP contribution < -0.4 is 4.74 Å². The molecule has 0 aliphatic carbocycles. The first-order valence-electron chi connectivity index (χ1n) is 9.74. The zero-order valence-electron chi connectivity index (χ0n) is 16.6. The van der Waals surface area contributed by atoms with Gasteiger partial charge in [-0.05, 0) is 49.0 Å². The van der Waals surface area contributed by atoms with Crippen LogP contribution >= 0.6 is 0 Å². The summed E-state index contributed by atoms with van der Waals surface area (Å²) < 4.78 is 16.1. The monoisotopic (exact) mass is 362 g/mol. The van der Waals surface area contributed by atoms with E-state index in [-0.39, 0.29) is 0 Å². The van der Waals surface area contributed by atoms with Gasteiger partial charge in [-0.15, -0.1) is 0 Å². The van der Waals surface area contributed by atoms with E-state index in [9.17, 15) is 0 Å². The Balaban J connectivity index is 1.56. The number of nitrogens with zero attached hydrogens (tertiary/aromatic N) is 2. The number of methoxy groups -OCH3 is 3. The van der Waals surface area contributed by atoms with Gasteiger partial charge in [0.15, 0.2) is 0 Å². The van der Waals surface area contributed by atoms with Gasteiger partial charge in [-0.25, -0.2) is 0 Å². The quantitative estimate of drug-likeness (QED) is 0.710. The fraction of sp³-hybridized carbons (Fsp3) is 0.714. The Morgan fingerprint density at radius 1 is 1.00 bits per heavy atom. The van der Waals surface area contributed by atoms with Gasteiger partial charge in [0.25, 0.3) is 0 Å². The molecule has 5 heteroatoms. The average Bonchev–Trinajstić information content (AvgIpc) is 3.00. The van der Waals surface area contributed by atoms with Crippen LogP contribution in [0.5, 0.6) is 5.75 Å². The predicted molar refractivity (Wildman–Crippen MR) is 104 cm³/mol. The molecule has 146 valence electrons. The summed E-state index contributed by atoms with van der Waals surface area (Å²) >= 11 is 0. The van der Waals surface area contributed by atoms with Crippen molar-refractivity contribution in [2.45, 2.75) is 19.4 Å². The van der Waals surface area contributed by atoms with Crippen molar-refractivity contribution in [3.05, 3.63) is 29.8 Å². The lowest BCUT2D eigenvalue weighted by molar-refractivity contribution is 0.0348. The molecule has 1 aromatic carbocycles. The Hall–Kier alpha value is -1.14. The Morgan fingerprint density at radius 3 is 2.35 bits per heavy atom. The maximum absolute atomic E-state index is 5.57. The number of hydrogen-bond donors (Lipinski definition) is 0. The summed E-state index contributed by atoms with van der Waals surface area (Å²) in [5.74, 6) is 1.57. The van der Waals surface area contributed by atoms with E-state index in [0.29, 0.717) is 11.3 Å². The molecule has 0 saturated carbocycles. The lowest BCUT2D eigenvalue weighted by Gasteiger charge is -2.42. The first-order valence-corrected chi connectivity index (χ1v) is 9.74. The molecule has 5 nitrogen and oxygen atoms in total. The van der Waals surface area contributed by atoms with Gasteiger partial charge in [-0.1, -0.05) is 12.1 Å². The van der Waals surface area contributed by atoms with Gasteiger partial charge in [-0.3, -0.25) is 4.90 Å². The van der Waals surface area contributed by atoms with E-state index < -0.39 is 0 Å². The zero-order chi connectivity index (χ0) is 18.4. The van der Waals surface area contributed by atoms with Crippen LogP contribution in [-0.4, -0.2) is 77.1 Å². The molecule has 1 unspecified atom stereocenters. The minimum atomic E-state index is 0.417. The number of ether oxygens (including phenoxy) is 3. The second-order valence-electron chi connectivity index (χ2n) is 7.87. The lowest BCUT2D eigenvalue weighted by Crippen LogP contribution is -2.45. The Labute approximate surface area is 158 Å². The number of rotatable bonds is 8. The summed E-state index contributed by atoms with van der Waals surface area (Å²) in [4.78, 5) is 5.17. The van der Waals surface area contributed by atoms with Crippen molar-refractivity contribution in [3.63, 3.8) is 0 Å². The molecule has 0 amide bonds. The normalized spacial score (nSPS) is 23.6. The van der Waals surface area contributed by atoms with E-state index in [1.807, 2.05) is 7.11 Å². The summed E-state index contributed by atoms with van der Waals surface area (Å²) in [6, 6.07) is 8.47. The van der Waals surface area contributed by atoms with Crippen molar-refractivity contribution >= 4 is 0 Å². The van der Waals surface area contributed by atoms with Gasteiger partial charge in [0.1, 0.15) is 5.75 Å². The van der Waals surface area contributed by atoms with Gasteiger partial charge < -0.3 is 19.1 Å². The highest BCUT2D eigenvalue weighted by Crippen LogP contribution is 2.44. The molecule has 1 aromatic rings. The maximum atomic E-state index is 5.57. The Kier molecular flexibility index (Phi) is 6.92. The summed E-state index contributed by atoms with van der Waals surface area (Å²) in [7, 11) is 5.34. The molecule has 2 aliphatic heterocycles. The van der Waals surface area contributed by atoms with Crippen molar-refractivity contribution < 1.29 is 14.2 Å². The summed E-state index contributed by atoms with van der Waals surface area (Å²) in [6.45, 7) is 8.45. The van der Waals surface area contributed by atoms with Gasteiger partial charge >= 0.3 is 0 Å². The van der Waals surface area contributed by atoms with Crippen molar-refractivity contribution in [1.29, 1.82) is 0 Å². The molecule has 0 N–H and O–H groups in total. The molecule has 3 rings (SSSR count). The zero-order valence-corrected chi connectivity index (χ0v) is 16.6. The number of hydrogen-bond acceptors (Lipinski definition) is 5. The van der Waals surface area contributed by atoms with Crippen LogP contribution in [-0.2, 0) is 16.0 Å². The number of likely N-dealkylation sites (tertiary alicyclic amines) is 2. The highest BCUT2D eigenvalue weighted by molar-refractivity contribution is 5.27. The summed E-state index contributed by atoms with van der Waals surface area (Å²) in [5.41, 5.74) is 1.78. The fourth-order valence-corrected chi connectivity index (χ4v) is 4.68. The molecule has 2 heterocycles. The van der Waals surface area contributed by atoms with Crippen LogP contribution in [0.25, 0.3) is 0 Å². The van der Waals surface area contributed by atoms with Crippen LogP contribution in [0, 0.1) is 11.3 Å². The van der Waals surface area contributed by atoms with E-state index in [2.05, 4.69) is 34.1 Å². The third-order valence-corrected chi connectivity index (χ3v) is 6.28. The molecule has 2 aliphatic rings. The third-order valence-electron chi connectivity index (χ3n) is 6.28. The van der Waals surface area contributed by atoms with Gasteiger partial charge in [0, 0.05) is 46.3 Å². The SMILES string of the molecule is COCCN1CC(COC)C2(CCN(Cc3ccc(OC)cc3)CC2)C1. The second-order valence-corrected chi connectivity index (χ2v) is 7.87. The van der Waals surface area contributed by atoms with Crippen molar-refractivity contribution in [2.75, 3.05) is 67.3 Å². The van der Waals surface area contributed by atoms with Crippen LogP contribution in [0.2, 0.25) is 0 Å². The number of benzene rings is 1. The average molecular weight is 363 g/mol. The Bertz CT molecular complexity index is 541. The first kappa shape index (κ1) is 19.6. The number of piperidine rings is 1. The van der Waals surface area contributed by atoms with Crippen molar-refractivity contribution in [2.24, 2.45) is 11.3 Å². The third kappa shape index (κ3) is 4.58. The molecule has 26 heavy (non-hydrogen) atoms. The maximum Gasteiger partial charge on any atom is 0.118 e. The minimum absolute atomic E-state index is 0.417. The highest BCUT2D eigenvalue weighted by Gasteiger charge is 2.47. The van der Waals surface area contributed by atoms with E-state index in [1.165, 1.54) is 38.0 Å². The molecule has 2 saturated heterocycles. The van der Waals surface area contributed by atoms with E-state index >= 15 is 0 Å². The van der Waals surface area contributed by atoms with Gasteiger partial charge in [0.2, 0.25) is 0 Å². The minimum Gasteiger partial charge on any atom is -0.497 e. The predicted octanol–water partition coefficient (Wildman–Crippen LogP) is 2.50. The van der Waals surface area contributed by atoms with Gasteiger partial charge in [-0.2, -0.15) is 0 Å². The molecule has 0 bridgehead atoms. The van der Waals surface area contributed by atoms with E-state index in [1.54, 1.807) is 14.2 Å². The second kappa shape index (κ2) is 9.18. The fourth-order valence-electron chi connectivity index (χ4n) is 4.68. The molecule has 1 atom stereocenters. The smallest absolute Gasteiger partial charge is 0.118 e. The van der Waals surface area contributed by atoms with Crippen molar-refractivity contribution in [1.82, 2.24) is 9.80 Å². The van der Waals surface area contributed by atoms with E-state index in [4.69, 9.17) is 14.2 Å². The van der Waals surface area contributed by atoms with Crippen LogP contribution in [0.4, 0.5) is 0 Å². The molecule has 2 fully saturated rings. The van der Waals surface area contributed by atoms with Crippen molar-refractivity contribution in [3.8, 4) is 5.75 Å². The summed E-state index contributed by atoms with van der Waals surface area (Å²) in [5, 5.41) is 0. The molecular formula is C21H34N2O3.